The van der Waals surface area contributed by atoms with Gasteiger partial charge in [0.1, 0.15) is 17.3 Å². The van der Waals surface area contributed by atoms with E-state index in [-0.39, 0.29) is 11.5 Å². The Bertz CT molecular complexity index is 730. The lowest BCUT2D eigenvalue weighted by Crippen LogP contribution is -2.35. The normalized spacial score (nSPS) is 15.9. The van der Waals surface area contributed by atoms with Crippen LogP contribution in [0.15, 0.2) is 42.6 Å². The number of rotatable bonds is 6. The zero-order valence-electron chi connectivity index (χ0n) is 14.0. The highest BCUT2D eigenvalue weighted by atomic mass is 19.1. The summed E-state index contributed by atoms with van der Waals surface area (Å²) in [4.78, 5) is 17.4. The summed E-state index contributed by atoms with van der Waals surface area (Å²) in [7, 11) is 0. The van der Waals surface area contributed by atoms with Gasteiger partial charge in [0, 0.05) is 18.8 Å². The van der Waals surface area contributed by atoms with Crippen molar-refractivity contribution in [3.8, 4) is 5.75 Å². The van der Waals surface area contributed by atoms with Crippen LogP contribution in [0.5, 0.6) is 5.75 Å². The van der Waals surface area contributed by atoms with Crippen molar-refractivity contribution >= 4 is 5.91 Å². The van der Waals surface area contributed by atoms with Gasteiger partial charge >= 0.3 is 0 Å². The number of carbonyl (C=O) groups is 1. The summed E-state index contributed by atoms with van der Waals surface area (Å²) in [5, 5.41) is 0. The van der Waals surface area contributed by atoms with Crippen molar-refractivity contribution in [1.82, 2.24) is 9.88 Å². The molecule has 1 saturated heterocycles. The van der Waals surface area contributed by atoms with Gasteiger partial charge in [0.15, 0.2) is 0 Å². The van der Waals surface area contributed by atoms with E-state index in [1.165, 1.54) is 12.3 Å². The van der Waals surface area contributed by atoms with E-state index in [2.05, 4.69) is 9.88 Å². The predicted octanol–water partition coefficient (Wildman–Crippen LogP) is 2.61. The maximum absolute atomic E-state index is 13.3. The van der Waals surface area contributed by atoms with Crippen molar-refractivity contribution in [2.45, 2.75) is 19.4 Å². The molecule has 0 aliphatic carbocycles. The van der Waals surface area contributed by atoms with Crippen LogP contribution in [0.2, 0.25) is 0 Å². The molecule has 5 nitrogen and oxygen atoms in total. The van der Waals surface area contributed by atoms with Crippen molar-refractivity contribution in [2.75, 3.05) is 19.7 Å². The van der Waals surface area contributed by atoms with Crippen molar-refractivity contribution in [3.05, 3.63) is 59.7 Å². The average Bonchev–Trinajstić information content (AvgIpc) is 2.61. The molecule has 1 aliphatic rings. The smallest absolute Gasteiger partial charge is 0.267 e. The molecule has 0 radical (unpaired) electrons. The monoisotopic (exact) mass is 343 g/mol. The van der Waals surface area contributed by atoms with Crippen LogP contribution < -0.4 is 10.5 Å². The lowest BCUT2D eigenvalue weighted by Gasteiger charge is -2.31. The van der Waals surface area contributed by atoms with Crippen molar-refractivity contribution < 1.29 is 13.9 Å². The van der Waals surface area contributed by atoms with E-state index in [4.69, 9.17) is 10.5 Å². The van der Waals surface area contributed by atoms with E-state index in [0.29, 0.717) is 18.3 Å². The van der Waals surface area contributed by atoms with Crippen LogP contribution in [0, 0.1) is 11.7 Å². The number of aromatic nitrogens is 1. The number of benzene rings is 1. The number of halogens is 1. The summed E-state index contributed by atoms with van der Waals surface area (Å²) >= 11 is 0. The van der Waals surface area contributed by atoms with Crippen LogP contribution in [0.25, 0.3) is 0 Å². The summed E-state index contributed by atoms with van der Waals surface area (Å²) in [5.74, 6) is 0.338. The number of amides is 1. The molecular weight excluding hydrogens is 321 g/mol. The Labute approximate surface area is 146 Å². The molecule has 2 N–H and O–H groups in total. The van der Waals surface area contributed by atoms with E-state index >= 15 is 0 Å². The zero-order valence-corrected chi connectivity index (χ0v) is 14.0. The second kappa shape index (κ2) is 8.07. The van der Waals surface area contributed by atoms with Gasteiger partial charge in [0.2, 0.25) is 0 Å². The Morgan fingerprint density at radius 3 is 2.80 bits per heavy atom. The van der Waals surface area contributed by atoms with Crippen LogP contribution >= 0.6 is 0 Å². The van der Waals surface area contributed by atoms with E-state index in [1.807, 2.05) is 6.07 Å². The Hall–Kier alpha value is -2.47. The lowest BCUT2D eigenvalue weighted by molar-refractivity contribution is 0.0994. The lowest BCUT2D eigenvalue weighted by atomic mass is 9.97. The molecule has 0 atom stereocenters. The summed E-state index contributed by atoms with van der Waals surface area (Å²) in [6.45, 7) is 3.31. The SMILES string of the molecule is NC(=O)c1cc(OCC2CCN(Cc3cccc(F)c3)CC2)ccn1. The van der Waals surface area contributed by atoms with Gasteiger partial charge in [0.05, 0.1) is 6.61 Å². The molecule has 1 fully saturated rings. The van der Waals surface area contributed by atoms with E-state index in [0.717, 1.165) is 38.0 Å². The van der Waals surface area contributed by atoms with Crippen LogP contribution in [0.4, 0.5) is 4.39 Å². The number of carbonyl (C=O) groups excluding carboxylic acids is 1. The Balaban J connectivity index is 1.45. The fourth-order valence-electron chi connectivity index (χ4n) is 3.05. The second-order valence-corrected chi connectivity index (χ2v) is 6.40. The third-order valence-corrected chi connectivity index (χ3v) is 4.47. The molecule has 1 amide bonds. The largest absolute Gasteiger partial charge is 0.493 e. The van der Waals surface area contributed by atoms with Crippen LogP contribution in [-0.2, 0) is 6.54 Å². The maximum atomic E-state index is 13.3. The molecule has 25 heavy (non-hydrogen) atoms. The predicted molar refractivity (Wildman–Crippen MR) is 92.7 cm³/mol. The standard InChI is InChI=1S/C19H22FN3O2/c20-16-3-1-2-15(10-16)12-23-8-5-14(6-9-23)13-25-17-4-7-22-18(11-17)19(21)24/h1-4,7,10-11,14H,5-6,8-9,12-13H2,(H2,21,24). The first-order valence-electron chi connectivity index (χ1n) is 8.45. The first-order chi connectivity index (χ1) is 12.1. The van der Waals surface area contributed by atoms with Crippen molar-refractivity contribution in [2.24, 2.45) is 11.7 Å². The van der Waals surface area contributed by atoms with Gasteiger partial charge < -0.3 is 10.5 Å². The van der Waals surface area contributed by atoms with Gasteiger partial charge in [-0.05, 0) is 55.6 Å². The van der Waals surface area contributed by atoms with E-state index < -0.39 is 5.91 Å². The van der Waals surface area contributed by atoms with Gasteiger partial charge in [-0.3, -0.25) is 14.7 Å². The number of hydrogen-bond acceptors (Lipinski definition) is 4. The Morgan fingerprint density at radius 1 is 1.28 bits per heavy atom. The van der Waals surface area contributed by atoms with E-state index in [1.54, 1.807) is 24.3 Å². The topological polar surface area (TPSA) is 68.5 Å². The molecular formula is C19H22FN3O2. The molecule has 2 heterocycles. The van der Waals surface area contributed by atoms with E-state index in [9.17, 15) is 9.18 Å². The average molecular weight is 343 g/mol. The summed E-state index contributed by atoms with van der Waals surface area (Å²) in [6, 6.07) is 10.1. The molecule has 1 aliphatic heterocycles. The number of hydrogen-bond donors (Lipinski definition) is 1. The fourth-order valence-corrected chi connectivity index (χ4v) is 3.05. The fraction of sp³-hybridized carbons (Fsp3) is 0.368. The molecule has 6 heteroatoms. The third-order valence-electron chi connectivity index (χ3n) is 4.47. The summed E-state index contributed by atoms with van der Waals surface area (Å²) < 4.78 is 19.0. The number of nitrogens with two attached hydrogens (primary N) is 1. The van der Waals surface area contributed by atoms with Gasteiger partial charge in [-0.2, -0.15) is 0 Å². The summed E-state index contributed by atoms with van der Waals surface area (Å²) in [5.41, 5.74) is 6.44. The first kappa shape index (κ1) is 17.4. The van der Waals surface area contributed by atoms with Crippen molar-refractivity contribution in [3.63, 3.8) is 0 Å². The highest BCUT2D eigenvalue weighted by molar-refractivity contribution is 5.91. The number of pyridine rings is 1. The second-order valence-electron chi connectivity index (χ2n) is 6.40. The van der Waals surface area contributed by atoms with Gasteiger partial charge in [0.25, 0.3) is 5.91 Å². The number of primary amides is 1. The zero-order chi connectivity index (χ0) is 17.6. The molecule has 0 spiro atoms. The maximum Gasteiger partial charge on any atom is 0.267 e. The molecule has 0 saturated carbocycles. The summed E-state index contributed by atoms with van der Waals surface area (Å²) in [6.07, 6.45) is 3.59. The Kier molecular flexibility index (Phi) is 5.60. The molecule has 3 rings (SSSR count). The Morgan fingerprint density at radius 2 is 2.08 bits per heavy atom. The molecule has 2 aromatic rings. The first-order valence-corrected chi connectivity index (χ1v) is 8.45. The minimum absolute atomic E-state index is 0.187. The number of likely N-dealkylation sites (tertiary alicyclic amines) is 1. The quantitative estimate of drug-likeness (QED) is 0.875. The van der Waals surface area contributed by atoms with Gasteiger partial charge in [-0.15, -0.1) is 0 Å². The highest BCUT2D eigenvalue weighted by Crippen LogP contribution is 2.21. The van der Waals surface area contributed by atoms with Gasteiger partial charge in [-0.25, -0.2) is 4.39 Å². The van der Waals surface area contributed by atoms with Crippen LogP contribution in [0.3, 0.4) is 0 Å². The molecule has 132 valence electrons. The van der Waals surface area contributed by atoms with Crippen LogP contribution in [0.1, 0.15) is 28.9 Å². The number of piperidine rings is 1. The number of nitrogens with zero attached hydrogens (tertiary/aromatic N) is 2. The van der Waals surface area contributed by atoms with Gasteiger partial charge in [-0.1, -0.05) is 12.1 Å². The molecule has 1 aromatic carbocycles. The highest BCUT2D eigenvalue weighted by Gasteiger charge is 2.20. The minimum Gasteiger partial charge on any atom is -0.493 e. The van der Waals surface area contributed by atoms with Crippen molar-refractivity contribution in [1.29, 1.82) is 0 Å². The minimum atomic E-state index is -0.559. The molecule has 0 unspecified atom stereocenters. The molecule has 1 aromatic heterocycles. The third kappa shape index (κ3) is 5.00. The number of ether oxygens (including phenoxy) is 1. The molecule has 0 bridgehead atoms. The van der Waals surface area contributed by atoms with Crippen LogP contribution in [-0.4, -0.2) is 35.5 Å².